The molecule has 4 heteroatoms. The first kappa shape index (κ1) is 19.3. The third-order valence-electron chi connectivity index (χ3n) is 5.01. The smallest absolute Gasteiger partial charge is 0.162 e. The Morgan fingerprint density at radius 2 is 1.81 bits per heavy atom. The third kappa shape index (κ3) is 4.28. The molecule has 2 aromatic rings. The lowest BCUT2D eigenvalue weighted by Gasteiger charge is -2.35. The fraction of sp³-hybridized carbons (Fsp3) is 0.391. The molecular formula is C23H30N2O2. The minimum atomic E-state index is -0.0973. The first-order valence-electron chi connectivity index (χ1n) is 9.81. The Kier molecular flexibility index (Phi) is 6.07. The Labute approximate surface area is 162 Å². The van der Waals surface area contributed by atoms with Crippen molar-refractivity contribution in [3.63, 3.8) is 0 Å². The third-order valence-corrected chi connectivity index (χ3v) is 5.01. The zero-order chi connectivity index (χ0) is 19.4. The van der Waals surface area contributed by atoms with E-state index in [2.05, 4.69) is 61.7 Å². The summed E-state index contributed by atoms with van der Waals surface area (Å²) in [6, 6.07) is 14.3. The normalized spacial score (nSPS) is 19.5. The van der Waals surface area contributed by atoms with Gasteiger partial charge in [-0.05, 0) is 42.5 Å². The van der Waals surface area contributed by atoms with E-state index < -0.39 is 0 Å². The molecule has 0 bridgehead atoms. The van der Waals surface area contributed by atoms with Crippen LogP contribution < -0.4 is 15.4 Å². The van der Waals surface area contributed by atoms with E-state index in [0.29, 0.717) is 18.3 Å². The van der Waals surface area contributed by atoms with Gasteiger partial charge in [-0.25, -0.2) is 0 Å². The van der Waals surface area contributed by atoms with Crippen LogP contribution in [0.25, 0.3) is 5.70 Å². The first-order chi connectivity index (χ1) is 13.0. The molecule has 0 radical (unpaired) electrons. The van der Waals surface area contributed by atoms with Crippen LogP contribution in [0.3, 0.4) is 0 Å². The van der Waals surface area contributed by atoms with Crippen LogP contribution in [0.5, 0.6) is 11.5 Å². The monoisotopic (exact) mass is 366 g/mol. The van der Waals surface area contributed by atoms with Gasteiger partial charge in [0.1, 0.15) is 0 Å². The molecule has 1 aliphatic rings. The van der Waals surface area contributed by atoms with Crippen molar-refractivity contribution in [2.45, 2.75) is 46.3 Å². The van der Waals surface area contributed by atoms with Crippen molar-refractivity contribution < 1.29 is 9.84 Å². The number of phenols is 1. The van der Waals surface area contributed by atoms with E-state index in [-0.39, 0.29) is 18.0 Å². The molecular weight excluding hydrogens is 336 g/mol. The number of aromatic hydroxyl groups is 1. The minimum absolute atomic E-state index is 0.0973. The number of ether oxygens (including phenoxy) is 1. The highest BCUT2D eigenvalue weighted by molar-refractivity contribution is 5.67. The van der Waals surface area contributed by atoms with Crippen LogP contribution in [0.15, 0.2) is 48.5 Å². The van der Waals surface area contributed by atoms with Gasteiger partial charge in [0.2, 0.25) is 0 Å². The van der Waals surface area contributed by atoms with E-state index in [4.69, 9.17) is 4.74 Å². The highest BCUT2D eigenvalue weighted by atomic mass is 16.5. The van der Waals surface area contributed by atoms with Gasteiger partial charge in [0.15, 0.2) is 11.5 Å². The maximum absolute atomic E-state index is 10.7. The average molecular weight is 367 g/mol. The molecule has 0 amide bonds. The van der Waals surface area contributed by atoms with Crippen molar-refractivity contribution in [3.05, 3.63) is 65.2 Å². The summed E-state index contributed by atoms with van der Waals surface area (Å²) in [4.78, 5) is 0. The summed E-state index contributed by atoms with van der Waals surface area (Å²) in [5.74, 6) is 1.13. The minimum Gasteiger partial charge on any atom is -0.504 e. The zero-order valence-electron chi connectivity index (χ0n) is 16.6. The summed E-state index contributed by atoms with van der Waals surface area (Å²) in [6.45, 7) is 8.97. The van der Waals surface area contributed by atoms with Gasteiger partial charge in [-0.2, -0.15) is 0 Å². The fourth-order valence-electron chi connectivity index (χ4n) is 3.37. The van der Waals surface area contributed by atoms with Gasteiger partial charge in [-0.15, -0.1) is 0 Å². The first-order valence-corrected chi connectivity index (χ1v) is 9.81. The molecule has 2 unspecified atom stereocenters. The number of phenolic OH excluding ortho intramolecular Hbond substituents is 1. The number of hydrogen-bond donors (Lipinski definition) is 3. The predicted octanol–water partition coefficient (Wildman–Crippen LogP) is 4.61. The largest absolute Gasteiger partial charge is 0.504 e. The molecule has 0 fully saturated rings. The van der Waals surface area contributed by atoms with Crippen LogP contribution in [0.4, 0.5) is 0 Å². The highest BCUT2D eigenvalue weighted by Crippen LogP contribution is 2.36. The maximum atomic E-state index is 10.7. The molecule has 0 spiro atoms. The van der Waals surface area contributed by atoms with Crippen LogP contribution in [0.2, 0.25) is 0 Å². The molecule has 27 heavy (non-hydrogen) atoms. The molecule has 0 saturated heterocycles. The standard InChI is InChI=1S/C23H30N2O2/c1-5-16-10-12-17(13-11-16)19-14-20(25-23(24-19)15(3)4)18-8-7-9-21(22(18)26)27-6-2/h7-15,20,23-26H,5-6H2,1-4H3. The number of rotatable bonds is 6. The molecule has 0 aliphatic carbocycles. The topological polar surface area (TPSA) is 53.5 Å². The number of benzene rings is 2. The maximum Gasteiger partial charge on any atom is 0.162 e. The molecule has 3 N–H and O–H groups in total. The van der Waals surface area contributed by atoms with E-state index in [1.54, 1.807) is 6.07 Å². The summed E-state index contributed by atoms with van der Waals surface area (Å²) in [5, 5.41) is 17.9. The van der Waals surface area contributed by atoms with Crippen LogP contribution >= 0.6 is 0 Å². The molecule has 0 saturated carbocycles. The summed E-state index contributed by atoms with van der Waals surface area (Å²) in [5.41, 5.74) is 4.40. The molecule has 3 rings (SSSR count). The van der Waals surface area contributed by atoms with Crippen LogP contribution in [0.1, 0.15) is 50.4 Å². The second-order valence-corrected chi connectivity index (χ2v) is 7.27. The van der Waals surface area contributed by atoms with E-state index in [1.165, 1.54) is 5.56 Å². The Morgan fingerprint density at radius 1 is 1.07 bits per heavy atom. The van der Waals surface area contributed by atoms with Crippen molar-refractivity contribution in [2.24, 2.45) is 5.92 Å². The molecule has 1 heterocycles. The van der Waals surface area contributed by atoms with Gasteiger partial charge in [-0.1, -0.05) is 57.2 Å². The lowest BCUT2D eigenvalue weighted by atomic mass is 9.96. The average Bonchev–Trinajstić information content (AvgIpc) is 2.69. The van der Waals surface area contributed by atoms with Gasteiger partial charge in [0.05, 0.1) is 18.8 Å². The summed E-state index contributed by atoms with van der Waals surface area (Å²) in [6.07, 6.45) is 3.28. The van der Waals surface area contributed by atoms with Gasteiger partial charge >= 0.3 is 0 Å². The number of aryl methyl sites for hydroxylation is 1. The molecule has 4 nitrogen and oxygen atoms in total. The highest BCUT2D eigenvalue weighted by Gasteiger charge is 2.27. The molecule has 0 aromatic heterocycles. The van der Waals surface area contributed by atoms with Gasteiger partial charge in [0, 0.05) is 11.3 Å². The number of nitrogens with one attached hydrogen (secondary N) is 2. The van der Waals surface area contributed by atoms with Gasteiger partial charge in [0.25, 0.3) is 0 Å². The van der Waals surface area contributed by atoms with Crippen molar-refractivity contribution in [1.29, 1.82) is 0 Å². The molecule has 2 atom stereocenters. The molecule has 144 valence electrons. The Bertz CT molecular complexity index is 797. The van der Waals surface area contributed by atoms with Crippen molar-refractivity contribution in [3.8, 4) is 11.5 Å². The number of hydrogen-bond acceptors (Lipinski definition) is 4. The number of para-hydroxylation sites is 1. The van der Waals surface area contributed by atoms with Crippen LogP contribution in [-0.2, 0) is 6.42 Å². The fourth-order valence-corrected chi connectivity index (χ4v) is 3.37. The Balaban J connectivity index is 1.99. The second kappa shape index (κ2) is 8.49. The van der Waals surface area contributed by atoms with E-state index >= 15 is 0 Å². The van der Waals surface area contributed by atoms with Crippen LogP contribution in [-0.4, -0.2) is 17.9 Å². The van der Waals surface area contributed by atoms with E-state index in [0.717, 1.165) is 23.2 Å². The quantitative estimate of drug-likeness (QED) is 0.699. The van der Waals surface area contributed by atoms with Crippen molar-refractivity contribution in [2.75, 3.05) is 6.61 Å². The lowest BCUT2D eigenvalue weighted by Crippen LogP contribution is -2.49. The Hall–Kier alpha value is -2.46. The Morgan fingerprint density at radius 3 is 2.44 bits per heavy atom. The molecule has 2 aromatic carbocycles. The second-order valence-electron chi connectivity index (χ2n) is 7.27. The summed E-state index contributed by atoms with van der Waals surface area (Å²) in [7, 11) is 0. The van der Waals surface area contributed by atoms with Crippen molar-refractivity contribution >= 4 is 5.70 Å². The summed E-state index contributed by atoms with van der Waals surface area (Å²) >= 11 is 0. The van der Waals surface area contributed by atoms with Gasteiger partial charge < -0.3 is 15.2 Å². The van der Waals surface area contributed by atoms with Crippen LogP contribution in [0, 0.1) is 5.92 Å². The SMILES string of the molecule is CCOc1cccc(C2C=C(c3ccc(CC)cc3)NC(C(C)C)N2)c1O. The zero-order valence-corrected chi connectivity index (χ0v) is 16.6. The van der Waals surface area contributed by atoms with Crippen molar-refractivity contribution in [1.82, 2.24) is 10.6 Å². The van der Waals surface area contributed by atoms with Gasteiger partial charge in [-0.3, -0.25) is 5.32 Å². The van der Waals surface area contributed by atoms with E-state index in [1.807, 2.05) is 19.1 Å². The summed E-state index contributed by atoms with van der Waals surface area (Å²) < 4.78 is 5.57. The predicted molar refractivity (Wildman–Crippen MR) is 111 cm³/mol. The lowest BCUT2D eigenvalue weighted by molar-refractivity contribution is 0.309. The molecule has 1 aliphatic heterocycles. The van der Waals surface area contributed by atoms with E-state index in [9.17, 15) is 5.11 Å².